The van der Waals surface area contributed by atoms with Crippen LogP contribution in [-0.2, 0) is 16.1 Å². The maximum atomic E-state index is 12.7. The summed E-state index contributed by atoms with van der Waals surface area (Å²) in [5, 5.41) is 14.6. The number of rotatable bonds is 7. The third kappa shape index (κ3) is 4.55. The average Bonchev–Trinajstić information content (AvgIpc) is 3.40. The van der Waals surface area contributed by atoms with Crippen LogP contribution >= 0.6 is 0 Å². The van der Waals surface area contributed by atoms with Crippen LogP contribution in [0.25, 0.3) is 5.69 Å². The number of hydrogen-bond donors (Lipinski definition) is 1. The lowest BCUT2D eigenvalue weighted by Gasteiger charge is -2.17. The second kappa shape index (κ2) is 8.95. The van der Waals surface area contributed by atoms with Crippen LogP contribution in [-0.4, -0.2) is 45.2 Å². The molecular formula is C22H24N6O3. The Labute approximate surface area is 180 Å². The highest BCUT2D eigenvalue weighted by Crippen LogP contribution is 2.25. The summed E-state index contributed by atoms with van der Waals surface area (Å²) in [6.45, 7) is 5.03. The van der Waals surface area contributed by atoms with E-state index in [1.807, 2.05) is 62.4 Å². The van der Waals surface area contributed by atoms with Gasteiger partial charge in [0.05, 0.1) is 24.8 Å². The number of benzene rings is 2. The van der Waals surface area contributed by atoms with Gasteiger partial charge < -0.3 is 15.0 Å². The molecule has 160 valence electrons. The molecule has 2 amide bonds. The minimum Gasteiger partial charge on any atom is -0.494 e. The topological polar surface area (TPSA) is 102 Å². The van der Waals surface area contributed by atoms with Gasteiger partial charge in [0.1, 0.15) is 5.75 Å². The molecule has 1 aliphatic heterocycles. The van der Waals surface area contributed by atoms with Crippen molar-refractivity contribution in [2.75, 3.05) is 18.1 Å². The van der Waals surface area contributed by atoms with Gasteiger partial charge in [-0.15, -0.1) is 5.10 Å². The second-order valence-corrected chi connectivity index (χ2v) is 7.39. The van der Waals surface area contributed by atoms with Crippen LogP contribution in [0.1, 0.15) is 24.7 Å². The minimum absolute atomic E-state index is 0.0526. The Morgan fingerprint density at radius 2 is 1.84 bits per heavy atom. The van der Waals surface area contributed by atoms with Gasteiger partial charge in [0.15, 0.2) is 5.82 Å². The Balaban J connectivity index is 1.38. The Hall–Kier alpha value is -3.75. The Bertz CT molecular complexity index is 1060. The molecule has 1 N–H and O–H groups in total. The highest BCUT2D eigenvalue weighted by Gasteiger charge is 2.35. The molecule has 9 heteroatoms. The molecule has 1 aliphatic rings. The first-order valence-corrected chi connectivity index (χ1v) is 10.2. The Morgan fingerprint density at radius 1 is 1.13 bits per heavy atom. The number of tetrazole rings is 1. The number of nitrogens with zero attached hydrogens (tertiary/aromatic N) is 5. The van der Waals surface area contributed by atoms with Gasteiger partial charge in [0.25, 0.3) is 0 Å². The van der Waals surface area contributed by atoms with Crippen LogP contribution in [0.2, 0.25) is 0 Å². The summed E-state index contributed by atoms with van der Waals surface area (Å²) in [5.74, 6) is 0.603. The van der Waals surface area contributed by atoms with Crippen LogP contribution < -0.4 is 15.0 Å². The lowest BCUT2D eigenvalue weighted by Crippen LogP contribution is -2.33. The van der Waals surface area contributed by atoms with E-state index in [1.165, 1.54) is 0 Å². The standard InChI is InChI=1S/C22H24N6O3/c1-3-31-19-10-8-18(9-11-19)28-20(24-25-26-28)13-23-22(30)16-12-21(29)27(14-16)17-6-4-15(2)5-7-17/h4-11,16H,3,12-14H2,1-2H3,(H,23,30)/t16-/m1/s1. The first-order valence-electron chi connectivity index (χ1n) is 10.2. The molecule has 0 unspecified atom stereocenters. The summed E-state index contributed by atoms with van der Waals surface area (Å²) in [6, 6.07) is 15.1. The lowest BCUT2D eigenvalue weighted by molar-refractivity contribution is -0.126. The number of carbonyl (C=O) groups is 2. The van der Waals surface area contributed by atoms with Crippen LogP contribution in [0.4, 0.5) is 5.69 Å². The van der Waals surface area contributed by atoms with E-state index >= 15 is 0 Å². The predicted octanol–water partition coefficient (Wildman–Crippen LogP) is 2.04. The molecule has 1 saturated heterocycles. The van der Waals surface area contributed by atoms with Crippen molar-refractivity contribution in [2.24, 2.45) is 5.92 Å². The second-order valence-electron chi connectivity index (χ2n) is 7.39. The highest BCUT2D eigenvalue weighted by molar-refractivity contribution is 6.00. The SMILES string of the molecule is CCOc1ccc(-n2nnnc2CNC(=O)[C@@H]2CC(=O)N(c3ccc(C)cc3)C2)cc1. The number of aromatic nitrogens is 4. The fourth-order valence-corrected chi connectivity index (χ4v) is 3.53. The Morgan fingerprint density at radius 3 is 2.55 bits per heavy atom. The first kappa shape index (κ1) is 20.5. The number of aryl methyl sites for hydroxylation is 1. The molecule has 1 aromatic heterocycles. The van der Waals surface area contributed by atoms with Gasteiger partial charge in [-0.1, -0.05) is 17.7 Å². The molecule has 0 radical (unpaired) electrons. The molecular weight excluding hydrogens is 396 g/mol. The van der Waals surface area contributed by atoms with Crippen LogP contribution in [0.3, 0.4) is 0 Å². The third-order valence-electron chi connectivity index (χ3n) is 5.19. The number of ether oxygens (including phenoxy) is 1. The summed E-state index contributed by atoms with van der Waals surface area (Å²) < 4.78 is 7.01. The first-order chi connectivity index (χ1) is 15.0. The van der Waals surface area contributed by atoms with E-state index in [2.05, 4.69) is 20.8 Å². The molecule has 2 aromatic carbocycles. The van der Waals surface area contributed by atoms with E-state index in [1.54, 1.807) is 9.58 Å². The van der Waals surface area contributed by atoms with E-state index in [0.717, 1.165) is 22.7 Å². The third-order valence-corrected chi connectivity index (χ3v) is 5.19. The van der Waals surface area contributed by atoms with Crippen LogP contribution in [0.5, 0.6) is 5.75 Å². The fraction of sp³-hybridized carbons (Fsp3) is 0.318. The number of amides is 2. The molecule has 0 spiro atoms. The molecule has 0 saturated carbocycles. The van der Waals surface area contributed by atoms with Gasteiger partial charge in [-0.05, 0) is 60.7 Å². The van der Waals surface area contributed by atoms with Gasteiger partial charge in [-0.25, -0.2) is 0 Å². The van der Waals surface area contributed by atoms with E-state index in [0.29, 0.717) is 19.0 Å². The normalized spacial score (nSPS) is 15.9. The van der Waals surface area contributed by atoms with Gasteiger partial charge in [-0.2, -0.15) is 4.68 Å². The van der Waals surface area contributed by atoms with Crippen molar-refractivity contribution >= 4 is 17.5 Å². The van der Waals surface area contributed by atoms with Crippen molar-refractivity contribution in [3.8, 4) is 11.4 Å². The Kier molecular flexibility index (Phi) is 5.92. The largest absolute Gasteiger partial charge is 0.494 e. The smallest absolute Gasteiger partial charge is 0.227 e. The summed E-state index contributed by atoms with van der Waals surface area (Å²) in [7, 11) is 0. The van der Waals surface area contributed by atoms with Gasteiger partial charge in [0, 0.05) is 18.7 Å². The maximum Gasteiger partial charge on any atom is 0.227 e. The molecule has 1 fully saturated rings. The number of carbonyl (C=O) groups excluding carboxylic acids is 2. The summed E-state index contributed by atoms with van der Waals surface area (Å²) in [4.78, 5) is 26.8. The lowest BCUT2D eigenvalue weighted by atomic mass is 10.1. The highest BCUT2D eigenvalue weighted by atomic mass is 16.5. The summed E-state index contributed by atoms with van der Waals surface area (Å²) in [5.41, 5.74) is 2.69. The van der Waals surface area contributed by atoms with Crippen molar-refractivity contribution < 1.29 is 14.3 Å². The molecule has 0 aliphatic carbocycles. The van der Waals surface area contributed by atoms with Crippen LogP contribution in [0, 0.1) is 12.8 Å². The van der Waals surface area contributed by atoms with Crippen molar-refractivity contribution in [2.45, 2.75) is 26.8 Å². The monoisotopic (exact) mass is 420 g/mol. The van der Waals surface area contributed by atoms with Gasteiger partial charge in [0.2, 0.25) is 11.8 Å². The quantitative estimate of drug-likeness (QED) is 0.628. The van der Waals surface area contributed by atoms with Crippen molar-refractivity contribution in [1.82, 2.24) is 25.5 Å². The van der Waals surface area contributed by atoms with Crippen molar-refractivity contribution in [1.29, 1.82) is 0 Å². The molecule has 3 aromatic rings. The van der Waals surface area contributed by atoms with E-state index in [4.69, 9.17) is 4.74 Å². The van der Waals surface area contributed by atoms with E-state index in [-0.39, 0.29) is 24.8 Å². The van der Waals surface area contributed by atoms with E-state index < -0.39 is 5.92 Å². The fourth-order valence-electron chi connectivity index (χ4n) is 3.53. The zero-order valence-electron chi connectivity index (χ0n) is 17.5. The van der Waals surface area contributed by atoms with Gasteiger partial charge in [-0.3, -0.25) is 9.59 Å². The maximum absolute atomic E-state index is 12.7. The predicted molar refractivity (Wildman–Crippen MR) is 114 cm³/mol. The average molecular weight is 420 g/mol. The number of anilines is 1. The summed E-state index contributed by atoms with van der Waals surface area (Å²) in [6.07, 6.45) is 0.184. The summed E-state index contributed by atoms with van der Waals surface area (Å²) >= 11 is 0. The van der Waals surface area contributed by atoms with Crippen molar-refractivity contribution in [3.05, 3.63) is 59.9 Å². The molecule has 1 atom stereocenters. The number of nitrogens with one attached hydrogen (secondary N) is 1. The molecule has 31 heavy (non-hydrogen) atoms. The van der Waals surface area contributed by atoms with Gasteiger partial charge >= 0.3 is 0 Å². The molecule has 0 bridgehead atoms. The van der Waals surface area contributed by atoms with E-state index in [9.17, 15) is 9.59 Å². The molecule has 9 nitrogen and oxygen atoms in total. The molecule has 2 heterocycles. The van der Waals surface area contributed by atoms with Crippen LogP contribution in [0.15, 0.2) is 48.5 Å². The zero-order valence-corrected chi connectivity index (χ0v) is 17.5. The minimum atomic E-state index is -0.413. The zero-order chi connectivity index (χ0) is 21.8. The number of hydrogen-bond acceptors (Lipinski definition) is 6. The van der Waals surface area contributed by atoms with Crippen molar-refractivity contribution in [3.63, 3.8) is 0 Å². The molecule has 4 rings (SSSR count).